The third kappa shape index (κ3) is 3.31. The average Bonchev–Trinajstić information content (AvgIpc) is 2.87. The van der Waals surface area contributed by atoms with Crippen LogP contribution in [-0.2, 0) is 12.8 Å². The highest BCUT2D eigenvalue weighted by atomic mass is 16.2. The Kier molecular flexibility index (Phi) is 4.64. The molecule has 8 nitrogen and oxygen atoms in total. The SMILES string of the molecule is CNc1ncc(C(=O)N2CCc3ncnc(NC4CCC4)c3CC2)cn1. The van der Waals surface area contributed by atoms with Crippen molar-refractivity contribution in [1.82, 2.24) is 24.8 Å². The van der Waals surface area contributed by atoms with Crippen LogP contribution in [0.25, 0.3) is 0 Å². The van der Waals surface area contributed by atoms with Crippen LogP contribution in [0.1, 0.15) is 40.9 Å². The summed E-state index contributed by atoms with van der Waals surface area (Å²) >= 11 is 0. The van der Waals surface area contributed by atoms with E-state index < -0.39 is 0 Å². The van der Waals surface area contributed by atoms with Crippen LogP contribution in [0.2, 0.25) is 0 Å². The lowest BCUT2D eigenvalue weighted by Gasteiger charge is -2.28. The lowest BCUT2D eigenvalue weighted by Crippen LogP contribution is -2.33. The Morgan fingerprint density at radius 2 is 1.88 bits per heavy atom. The Balaban J connectivity index is 1.48. The predicted molar refractivity (Wildman–Crippen MR) is 98.2 cm³/mol. The van der Waals surface area contributed by atoms with Crippen molar-refractivity contribution in [2.45, 2.75) is 38.1 Å². The lowest BCUT2D eigenvalue weighted by atomic mass is 9.93. The lowest BCUT2D eigenvalue weighted by molar-refractivity contribution is 0.0762. The topological polar surface area (TPSA) is 95.9 Å². The van der Waals surface area contributed by atoms with Crippen molar-refractivity contribution in [3.63, 3.8) is 0 Å². The second-order valence-corrected chi connectivity index (χ2v) is 6.76. The maximum absolute atomic E-state index is 12.8. The van der Waals surface area contributed by atoms with E-state index in [0.717, 1.165) is 29.9 Å². The number of hydrogen-bond acceptors (Lipinski definition) is 7. The summed E-state index contributed by atoms with van der Waals surface area (Å²) in [5.74, 6) is 1.41. The molecule has 0 saturated heterocycles. The first kappa shape index (κ1) is 16.7. The minimum Gasteiger partial charge on any atom is -0.367 e. The quantitative estimate of drug-likeness (QED) is 0.860. The molecule has 1 aliphatic carbocycles. The molecular formula is C18H23N7O. The minimum absolute atomic E-state index is 0.0399. The minimum atomic E-state index is -0.0399. The van der Waals surface area contributed by atoms with Crippen LogP contribution >= 0.6 is 0 Å². The summed E-state index contributed by atoms with van der Waals surface area (Å²) in [7, 11) is 1.75. The van der Waals surface area contributed by atoms with Crippen molar-refractivity contribution in [3.8, 4) is 0 Å². The van der Waals surface area contributed by atoms with Gasteiger partial charge in [-0.3, -0.25) is 4.79 Å². The average molecular weight is 353 g/mol. The fourth-order valence-corrected chi connectivity index (χ4v) is 3.35. The fourth-order valence-electron chi connectivity index (χ4n) is 3.35. The number of nitrogens with one attached hydrogen (secondary N) is 2. The second kappa shape index (κ2) is 7.23. The van der Waals surface area contributed by atoms with Gasteiger partial charge in [-0.15, -0.1) is 0 Å². The van der Waals surface area contributed by atoms with E-state index in [9.17, 15) is 4.79 Å². The van der Waals surface area contributed by atoms with Gasteiger partial charge in [-0.05, 0) is 25.7 Å². The van der Waals surface area contributed by atoms with Gasteiger partial charge in [0.1, 0.15) is 12.1 Å². The molecule has 0 radical (unpaired) electrons. The third-order valence-electron chi connectivity index (χ3n) is 5.14. The summed E-state index contributed by atoms with van der Waals surface area (Å²) in [5, 5.41) is 6.40. The normalized spacial score (nSPS) is 17.0. The highest BCUT2D eigenvalue weighted by Gasteiger charge is 2.25. The van der Waals surface area contributed by atoms with E-state index >= 15 is 0 Å². The molecule has 0 unspecified atom stereocenters. The number of rotatable bonds is 4. The van der Waals surface area contributed by atoms with Gasteiger partial charge in [0.2, 0.25) is 5.95 Å². The van der Waals surface area contributed by atoms with Crippen LogP contribution in [0.15, 0.2) is 18.7 Å². The number of hydrogen-bond donors (Lipinski definition) is 2. The molecule has 0 aromatic carbocycles. The Labute approximate surface area is 152 Å². The molecular weight excluding hydrogens is 330 g/mol. The van der Waals surface area contributed by atoms with Crippen molar-refractivity contribution in [3.05, 3.63) is 35.5 Å². The van der Waals surface area contributed by atoms with E-state index in [0.29, 0.717) is 30.6 Å². The molecule has 2 aromatic rings. The number of carbonyl (C=O) groups excluding carboxylic acids is 1. The summed E-state index contributed by atoms with van der Waals surface area (Å²) < 4.78 is 0. The number of aromatic nitrogens is 4. The molecule has 3 heterocycles. The highest BCUT2D eigenvalue weighted by molar-refractivity contribution is 5.93. The first-order valence-corrected chi connectivity index (χ1v) is 9.13. The first-order chi connectivity index (χ1) is 12.7. The smallest absolute Gasteiger partial charge is 0.257 e. The predicted octanol–water partition coefficient (Wildman–Crippen LogP) is 1.51. The van der Waals surface area contributed by atoms with E-state index in [-0.39, 0.29) is 5.91 Å². The van der Waals surface area contributed by atoms with Crippen molar-refractivity contribution in [2.75, 3.05) is 30.8 Å². The van der Waals surface area contributed by atoms with Gasteiger partial charge in [0.05, 0.1) is 11.3 Å². The van der Waals surface area contributed by atoms with E-state index in [4.69, 9.17) is 0 Å². The Morgan fingerprint density at radius 3 is 2.58 bits per heavy atom. The zero-order chi connectivity index (χ0) is 17.9. The highest BCUT2D eigenvalue weighted by Crippen LogP contribution is 2.26. The second-order valence-electron chi connectivity index (χ2n) is 6.76. The largest absolute Gasteiger partial charge is 0.367 e. The molecule has 2 aliphatic rings. The van der Waals surface area contributed by atoms with Gasteiger partial charge >= 0.3 is 0 Å². The molecule has 136 valence electrons. The van der Waals surface area contributed by atoms with Gasteiger partial charge in [0, 0.05) is 50.6 Å². The van der Waals surface area contributed by atoms with E-state index in [2.05, 4.69) is 30.6 Å². The zero-order valence-corrected chi connectivity index (χ0v) is 14.9. The van der Waals surface area contributed by atoms with Crippen LogP contribution in [0.3, 0.4) is 0 Å². The van der Waals surface area contributed by atoms with E-state index in [1.165, 1.54) is 19.3 Å². The van der Waals surface area contributed by atoms with Crippen molar-refractivity contribution in [2.24, 2.45) is 0 Å². The Hall–Kier alpha value is -2.77. The summed E-state index contributed by atoms with van der Waals surface area (Å²) in [6.07, 6.45) is 9.94. The molecule has 1 aliphatic heterocycles. The molecule has 1 saturated carbocycles. The maximum Gasteiger partial charge on any atom is 0.257 e. The van der Waals surface area contributed by atoms with Crippen LogP contribution in [-0.4, -0.2) is 56.9 Å². The van der Waals surface area contributed by atoms with Crippen LogP contribution in [0.4, 0.5) is 11.8 Å². The Bertz CT molecular complexity index is 789. The first-order valence-electron chi connectivity index (χ1n) is 9.13. The summed E-state index contributed by atoms with van der Waals surface area (Å²) in [5.41, 5.74) is 2.70. The molecule has 2 N–H and O–H groups in total. The van der Waals surface area contributed by atoms with Crippen LogP contribution in [0, 0.1) is 0 Å². The van der Waals surface area contributed by atoms with Crippen molar-refractivity contribution in [1.29, 1.82) is 0 Å². The number of nitrogens with zero attached hydrogens (tertiary/aromatic N) is 5. The zero-order valence-electron chi connectivity index (χ0n) is 14.9. The maximum atomic E-state index is 12.8. The van der Waals surface area contributed by atoms with Gasteiger partial charge in [0.25, 0.3) is 5.91 Å². The van der Waals surface area contributed by atoms with Gasteiger partial charge in [-0.2, -0.15) is 0 Å². The Morgan fingerprint density at radius 1 is 1.12 bits per heavy atom. The summed E-state index contributed by atoms with van der Waals surface area (Å²) in [4.78, 5) is 31.8. The van der Waals surface area contributed by atoms with Crippen molar-refractivity contribution >= 4 is 17.7 Å². The summed E-state index contributed by atoms with van der Waals surface area (Å²) in [6, 6.07) is 0.526. The standard InChI is InChI=1S/C18H23N7O/c1-19-18-20-9-12(10-21-18)17(26)25-7-5-14-15(6-8-25)22-11-23-16(14)24-13-3-2-4-13/h9-11,13H,2-8H2,1H3,(H,19,20,21)(H,22,23,24). The number of anilines is 2. The van der Waals surface area contributed by atoms with Crippen LogP contribution in [0.5, 0.6) is 0 Å². The molecule has 4 rings (SSSR count). The number of amides is 1. The summed E-state index contributed by atoms with van der Waals surface area (Å²) in [6.45, 7) is 1.28. The van der Waals surface area contributed by atoms with Crippen LogP contribution < -0.4 is 10.6 Å². The molecule has 8 heteroatoms. The molecule has 0 atom stereocenters. The molecule has 26 heavy (non-hydrogen) atoms. The van der Waals surface area contributed by atoms with E-state index in [1.807, 2.05) is 4.90 Å². The van der Waals surface area contributed by atoms with Gasteiger partial charge in [-0.25, -0.2) is 19.9 Å². The van der Waals surface area contributed by atoms with E-state index in [1.54, 1.807) is 25.8 Å². The number of fused-ring (bicyclic) bond motifs is 1. The molecule has 1 amide bonds. The molecule has 0 spiro atoms. The molecule has 0 bridgehead atoms. The fraction of sp³-hybridized carbons (Fsp3) is 0.500. The van der Waals surface area contributed by atoms with Crippen molar-refractivity contribution < 1.29 is 4.79 Å². The van der Waals surface area contributed by atoms with Gasteiger partial charge in [-0.1, -0.05) is 0 Å². The molecule has 2 aromatic heterocycles. The monoisotopic (exact) mass is 353 g/mol. The number of carbonyl (C=O) groups is 1. The third-order valence-corrected chi connectivity index (χ3v) is 5.14. The molecule has 1 fully saturated rings. The van der Waals surface area contributed by atoms with Gasteiger partial charge < -0.3 is 15.5 Å². The van der Waals surface area contributed by atoms with Gasteiger partial charge in [0.15, 0.2) is 0 Å².